The van der Waals surface area contributed by atoms with E-state index in [0.29, 0.717) is 36.4 Å². The molecule has 0 bridgehead atoms. The summed E-state index contributed by atoms with van der Waals surface area (Å²) in [4.78, 5) is 28.1. The molecule has 0 saturated carbocycles. The standard InChI is InChI=1S/C29H36N2O5S2/c1-5-6-15-36-28(33)27-25(16-20(2)3)37-29(38(30,34)35)26(27)24-14-10-13-23(17-24)19-31(21(4)32)18-22-11-8-7-9-12-22/h7-14,17,20H,5-6,15-16,18-19H2,1-4H3,(H2,30,34,35). The molecule has 2 aromatic carbocycles. The first-order valence-corrected chi connectivity index (χ1v) is 15.1. The number of hydrogen-bond donors (Lipinski definition) is 1. The second-order valence-electron chi connectivity index (χ2n) is 9.76. The summed E-state index contributed by atoms with van der Waals surface area (Å²) in [7, 11) is -4.12. The number of esters is 1. The largest absolute Gasteiger partial charge is 0.462 e. The van der Waals surface area contributed by atoms with Crippen LogP contribution < -0.4 is 5.14 Å². The van der Waals surface area contributed by atoms with Crippen molar-refractivity contribution < 1.29 is 22.7 Å². The third-order valence-electron chi connectivity index (χ3n) is 5.99. The summed E-state index contributed by atoms with van der Waals surface area (Å²) in [6.07, 6.45) is 2.09. The van der Waals surface area contributed by atoms with Crippen LogP contribution in [0, 0.1) is 5.92 Å². The summed E-state index contributed by atoms with van der Waals surface area (Å²) in [6, 6.07) is 17.0. The van der Waals surface area contributed by atoms with Crippen molar-refractivity contribution in [2.24, 2.45) is 11.1 Å². The second kappa shape index (κ2) is 13.2. The molecule has 1 amide bonds. The topological polar surface area (TPSA) is 107 Å². The lowest BCUT2D eigenvalue weighted by Crippen LogP contribution is -2.27. The summed E-state index contributed by atoms with van der Waals surface area (Å²) in [5.41, 5.74) is 2.88. The maximum atomic E-state index is 13.3. The van der Waals surface area contributed by atoms with Crippen LogP contribution in [-0.4, -0.2) is 31.8 Å². The van der Waals surface area contributed by atoms with Gasteiger partial charge in [-0.3, -0.25) is 4.79 Å². The number of carbonyl (C=O) groups is 2. The van der Waals surface area contributed by atoms with E-state index in [4.69, 9.17) is 9.88 Å². The maximum Gasteiger partial charge on any atom is 0.339 e. The van der Waals surface area contributed by atoms with Gasteiger partial charge in [-0.25, -0.2) is 18.4 Å². The number of amides is 1. The molecule has 0 saturated heterocycles. The van der Waals surface area contributed by atoms with Crippen molar-refractivity contribution in [3.8, 4) is 11.1 Å². The van der Waals surface area contributed by atoms with E-state index >= 15 is 0 Å². The van der Waals surface area contributed by atoms with Gasteiger partial charge in [0, 0.05) is 30.5 Å². The molecule has 0 atom stereocenters. The number of hydrogen-bond acceptors (Lipinski definition) is 6. The van der Waals surface area contributed by atoms with Gasteiger partial charge in [-0.2, -0.15) is 0 Å². The highest BCUT2D eigenvalue weighted by molar-refractivity contribution is 7.91. The summed E-state index contributed by atoms with van der Waals surface area (Å²) >= 11 is 1.03. The van der Waals surface area contributed by atoms with Crippen LogP contribution in [0.5, 0.6) is 0 Å². The van der Waals surface area contributed by atoms with Crippen LogP contribution in [0.15, 0.2) is 58.8 Å². The van der Waals surface area contributed by atoms with E-state index in [0.717, 1.165) is 28.9 Å². The Bertz CT molecular complexity index is 1360. The van der Waals surface area contributed by atoms with E-state index in [9.17, 15) is 18.0 Å². The molecule has 204 valence electrons. The predicted molar refractivity (Wildman–Crippen MR) is 151 cm³/mol. The number of nitrogens with zero attached hydrogens (tertiary/aromatic N) is 1. The predicted octanol–water partition coefficient (Wildman–Crippen LogP) is 5.77. The molecule has 0 spiro atoms. The molecule has 0 aliphatic carbocycles. The van der Waals surface area contributed by atoms with Gasteiger partial charge in [0.1, 0.15) is 4.21 Å². The molecule has 2 N–H and O–H groups in total. The molecule has 38 heavy (non-hydrogen) atoms. The highest BCUT2D eigenvalue weighted by Crippen LogP contribution is 2.41. The first-order chi connectivity index (χ1) is 18.0. The van der Waals surface area contributed by atoms with Gasteiger partial charge in [0.05, 0.1) is 12.2 Å². The second-order valence-corrected chi connectivity index (χ2v) is 12.6. The number of thiophene rings is 1. The Hall–Kier alpha value is -3.01. The van der Waals surface area contributed by atoms with E-state index in [1.807, 2.05) is 63.2 Å². The Morgan fingerprint density at radius 1 is 1.03 bits per heavy atom. The summed E-state index contributed by atoms with van der Waals surface area (Å²) in [6.45, 7) is 8.55. The Kier molecular flexibility index (Phi) is 10.2. The zero-order valence-corrected chi connectivity index (χ0v) is 24.0. The monoisotopic (exact) mass is 556 g/mol. The molecule has 0 unspecified atom stereocenters. The Morgan fingerprint density at radius 3 is 2.29 bits per heavy atom. The summed E-state index contributed by atoms with van der Waals surface area (Å²) in [5.74, 6) is -0.444. The van der Waals surface area contributed by atoms with Crippen molar-refractivity contribution in [2.75, 3.05) is 6.61 Å². The molecule has 0 aliphatic rings. The SMILES string of the molecule is CCCCOC(=O)c1c(CC(C)C)sc(S(N)(=O)=O)c1-c1cccc(CN(Cc2ccccc2)C(C)=O)c1. The van der Waals surface area contributed by atoms with Crippen LogP contribution in [0.3, 0.4) is 0 Å². The highest BCUT2D eigenvalue weighted by Gasteiger charge is 2.31. The Morgan fingerprint density at radius 2 is 1.68 bits per heavy atom. The smallest absolute Gasteiger partial charge is 0.339 e. The molecular formula is C29H36N2O5S2. The third-order valence-corrected chi connectivity index (χ3v) is 8.66. The molecule has 3 rings (SSSR count). The van der Waals surface area contributed by atoms with Crippen molar-refractivity contribution in [3.63, 3.8) is 0 Å². The number of nitrogens with two attached hydrogens (primary N) is 1. The van der Waals surface area contributed by atoms with Gasteiger partial charge in [-0.15, -0.1) is 11.3 Å². The fourth-order valence-corrected chi connectivity index (χ4v) is 6.68. The lowest BCUT2D eigenvalue weighted by atomic mass is 9.98. The number of ether oxygens (including phenoxy) is 1. The van der Waals surface area contributed by atoms with Crippen molar-refractivity contribution in [1.82, 2.24) is 4.90 Å². The van der Waals surface area contributed by atoms with Gasteiger partial charge in [-0.05, 0) is 41.5 Å². The van der Waals surface area contributed by atoms with E-state index in [1.54, 1.807) is 17.0 Å². The van der Waals surface area contributed by atoms with E-state index < -0.39 is 16.0 Å². The molecule has 7 nitrogen and oxygen atoms in total. The number of carbonyl (C=O) groups excluding carboxylic acids is 2. The van der Waals surface area contributed by atoms with Crippen LogP contribution in [-0.2, 0) is 39.1 Å². The first kappa shape index (κ1) is 29.5. The van der Waals surface area contributed by atoms with Crippen LogP contribution in [0.4, 0.5) is 0 Å². The average molecular weight is 557 g/mol. The zero-order valence-electron chi connectivity index (χ0n) is 22.4. The number of primary sulfonamides is 1. The average Bonchev–Trinajstić information content (AvgIpc) is 3.24. The van der Waals surface area contributed by atoms with E-state index in [1.165, 1.54) is 6.92 Å². The van der Waals surface area contributed by atoms with E-state index in [-0.39, 0.29) is 33.8 Å². The normalized spacial score (nSPS) is 11.5. The molecule has 0 aliphatic heterocycles. The molecule has 0 radical (unpaired) electrons. The van der Waals surface area contributed by atoms with Gasteiger partial charge in [0.2, 0.25) is 15.9 Å². The minimum atomic E-state index is -4.12. The van der Waals surface area contributed by atoms with Crippen molar-refractivity contribution in [3.05, 3.63) is 76.2 Å². The van der Waals surface area contributed by atoms with Crippen molar-refractivity contribution in [2.45, 2.75) is 64.3 Å². The zero-order chi connectivity index (χ0) is 27.9. The number of benzene rings is 2. The highest BCUT2D eigenvalue weighted by atomic mass is 32.2. The van der Waals surface area contributed by atoms with Crippen LogP contribution in [0.25, 0.3) is 11.1 Å². The van der Waals surface area contributed by atoms with Gasteiger partial charge >= 0.3 is 5.97 Å². The lowest BCUT2D eigenvalue weighted by molar-refractivity contribution is -0.130. The van der Waals surface area contributed by atoms with Gasteiger partial charge < -0.3 is 9.64 Å². The molecule has 3 aromatic rings. The molecule has 0 fully saturated rings. The quantitative estimate of drug-likeness (QED) is 0.225. The molecular weight excluding hydrogens is 520 g/mol. The fourth-order valence-electron chi connectivity index (χ4n) is 4.16. The molecule has 1 heterocycles. The minimum absolute atomic E-state index is 0.0551. The lowest BCUT2D eigenvalue weighted by Gasteiger charge is -2.22. The van der Waals surface area contributed by atoms with Gasteiger partial charge in [0.25, 0.3) is 0 Å². The first-order valence-electron chi connectivity index (χ1n) is 12.8. The Labute approximate surface area is 229 Å². The number of sulfonamides is 1. The molecule has 1 aromatic heterocycles. The summed E-state index contributed by atoms with van der Waals surface area (Å²) in [5, 5.41) is 5.65. The van der Waals surface area contributed by atoms with Gasteiger partial charge in [0.15, 0.2) is 0 Å². The maximum absolute atomic E-state index is 13.3. The number of rotatable bonds is 12. The van der Waals surface area contributed by atoms with Crippen LogP contribution >= 0.6 is 11.3 Å². The van der Waals surface area contributed by atoms with Crippen molar-refractivity contribution in [1.29, 1.82) is 0 Å². The number of unbranched alkanes of at least 4 members (excludes halogenated alkanes) is 1. The summed E-state index contributed by atoms with van der Waals surface area (Å²) < 4.78 is 30.9. The van der Waals surface area contributed by atoms with Gasteiger partial charge in [-0.1, -0.05) is 75.7 Å². The third kappa shape index (κ3) is 7.75. The van der Waals surface area contributed by atoms with E-state index in [2.05, 4.69) is 0 Å². The Balaban J connectivity index is 2.08. The van der Waals surface area contributed by atoms with Crippen LogP contribution in [0.2, 0.25) is 0 Å². The minimum Gasteiger partial charge on any atom is -0.462 e. The van der Waals surface area contributed by atoms with Crippen molar-refractivity contribution >= 4 is 33.2 Å². The van der Waals surface area contributed by atoms with Crippen LogP contribution in [0.1, 0.15) is 66.9 Å². The fraction of sp³-hybridized carbons (Fsp3) is 0.379. The molecule has 9 heteroatoms.